The molecule has 1 amide bonds. The average Bonchev–Trinajstić information content (AvgIpc) is 2.30. The molecule has 0 saturated heterocycles. The molecule has 0 fully saturated rings. The van der Waals surface area contributed by atoms with Crippen molar-refractivity contribution in [3.8, 4) is 0 Å². The molecule has 0 spiro atoms. The molecule has 0 atom stereocenters. The molecule has 13 heavy (non-hydrogen) atoms. The molecule has 0 aromatic carbocycles. The van der Waals surface area contributed by atoms with E-state index in [0.29, 0.717) is 6.61 Å². The zero-order valence-corrected chi connectivity index (χ0v) is 8.70. The second-order valence-corrected chi connectivity index (χ2v) is 3.70. The Hall–Kier alpha value is -1.10. The number of amides is 1. The third kappa shape index (κ3) is 2.69. The molecule has 1 aromatic heterocycles. The van der Waals surface area contributed by atoms with Crippen molar-refractivity contribution in [2.75, 3.05) is 11.9 Å². The van der Waals surface area contributed by atoms with Crippen LogP contribution in [0.15, 0.2) is 0 Å². The molecule has 5 heteroatoms. The molecule has 1 aromatic rings. The van der Waals surface area contributed by atoms with Crippen LogP contribution in [0.25, 0.3) is 0 Å². The van der Waals surface area contributed by atoms with Gasteiger partial charge in [-0.3, -0.25) is 5.32 Å². The zero-order chi connectivity index (χ0) is 9.84. The first-order valence-electron chi connectivity index (χ1n) is 4.01. The Morgan fingerprint density at radius 2 is 2.31 bits per heavy atom. The number of nitrogens with zero attached hydrogens (tertiary/aromatic N) is 1. The van der Waals surface area contributed by atoms with Gasteiger partial charge in [-0.15, -0.1) is 11.3 Å². The van der Waals surface area contributed by atoms with E-state index in [0.717, 1.165) is 15.7 Å². The number of ether oxygens (including phenoxy) is 1. The van der Waals surface area contributed by atoms with Crippen LogP contribution in [0, 0.1) is 13.8 Å². The van der Waals surface area contributed by atoms with Gasteiger partial charge in [0.2, 0.25) is 0 Å². The lowest BCUT2D eigenvalue weighted by Crippen LogP contribution is -2.12. The highest BCUT2D eigenvalue weighted by Gasteiger charge is 2.08. The number of anilines is 1. The lowest BCUT2D eigenvalue weighted by Gasteiger charge is -2.01. The maximum Gasteiger partial charge on any atom is 0.412 e. The number of aromatic nitrogens is 1. The van der Waals surface area contributed by atoms with Crippen molar-refractivity contribution >= 4 is 22.4 Å². The summed E-state index contributed by atoms with van der Waals surface area (Å²) in [6.07, 6.45) is -0.422. The van der Waals surface area contributed by atoms with Gasteiger partial charge in [-0.05, 0) is 20.8 Å². The first-order chi connectivity index (χ1) is 6.13. The van der Waals surface area contributed by atoms with E-state index in [1.54, 1.807) is 6.92 Å². The Morgan fingerprint density at radius 3 is 2.77 bits per heavy atom. The smallest absolute Gasteiger partial charge is 0.412 e. The van der Waals surface area contributed by atoms with Gasteiger partial charge in [0.1, 0.15) is 5.00 Å². The molecule has 1 rings (SSSR count). The molecule has 0 aliphatic heterocycles. The van der Waals surface area contributed by atoms with Gasteiger partial charge in [0.15, 0.2) is 0 Å². The minimum absolute atomic E-state index is 0.378. The third-order valence-electron chi connectivity index (χ3n) is 1.39. The monoisotopic (exact) mass is 200 g/mol. The fourth-order valence-electron chi connectivity index (χ4n) is 0.907. The molecule has 4 nitrogen and oxygen atoms in total. The van der Waals surface area contributed by atoms with Crippen LogP contribution in [0.3, 0.4) is 0 Å². The predicted molar refractivity (Wildman–Crippen MR) is 52.2 cm³/mol. The summed E-state index contributed by atoms with van der Waals surface area (Å²) in [4.78, 5) is 15.2. The fourth-order valence-corrected chi connectivity index (χ4v) is 1.71. The lowest BCUT2D eigenvalue weighted by atomic mass is 10.5. The number of hydrogen-bond acceptors (Lipinski definition) is 4. The highest BCUT2D eigenvalue weighted by Crippen LogP contribution is 2.22. The summed E-state index contributed by atoms with van der Waals surface area (Å²) in [6.45, 7) is 5.89. The van der Waals surface area contributed by atoms with Crippen molar-refractivity contribution in [3.05, 3.63) is 10.7 Å². The first kappa shape index (κ1) is 9.98. The van der Waals surface area contributed by atoms with Crippen molar-refractivity contribution in [2.45, 2.75) is 20.8 Å². The van der Waals surface area contributed by atoms with E-state index in [4.69, 9.17) is 4.74 Å². The molecular weight excluding hydrogens is 188 g/mol. The van der Waals surface area contributed by atoms with E-state index in [2.05, 4.69) is 10.3 Å². The standard InChI is InChI=1S/C8H12N2O2S/c1-4-12-8(11)10-7-5(2)9-6(3)13-7/h4H2,1-3H3,(H,10,11). The van der Waals surface area contributed by atoms with Crippen molar-refractivity contribution in [2.24, 2.45) is 0 Å². The Labute approximate surface area is 80.9 Å². The summed E-state index contributed by atoms with van der Waals surface area (Å²) >= 11 is 1.45. The molecule has 0 bridgehead atoms. The summed E-state index contributed by atoms with van der Waals surface area (Å²) in [5.41, 5.74) is 0.829. The number of rotatable bonds is 2. The van der Waals surface area contributed by atoms with Gasteiger partial charge >= 0.3 is 6.09 Å². The minimum atomic E-state index is -0.422. The average molecular weight is 200 g/mol. The van der Waals surface area contributed by atoms with Crippen molar-refractivity contribution in [1.29, 1.82) is 0 Å². The quantitative estimate of drug-likeness (QED) is 0.797. The number of aryl methyl sites for hydroxylation is 2. The molecule has 1 heterocycles. The number of carbonyl (C=O) groups excluding carboxylic acids is 1. The fraction of sp³-hybridized carbons (Fsp3) is 0.500. The Morgan fingerprint density at radius 1 is 1.62 bits per heavy atom. The molecule has 0 aliphatic rings. The molecule has 0 unspecified atom stereocenters. The van der Waals surface area contributed by atoms with Gasteiger partial charge in [-0.2, -0.15) is 0 Å². The number of thiazole rings is 1. The van der Waals surface area contributed by atoms with Crippen molar-refractivity contribution in [3.63, 3.8) is 0 Å². The Kier molecular flexibility index (Phi) is 3.25. The van der Waals surface area contributed by atoms with Gasteiger partial charge in [0.05, 0.1) is 17.3 Å². The molecular formula is C8H12N2O2S. The van der Waals surface area contributed by atoms with Gasteiger partial charge in [-0.1, -0.05) is 0 Å². The normalized spacial score (nSPS) is 9.77. The maximum absolute atomic E-state index is 11.0. The van der Waals surface area contributed by atoms with Crippen LogP contribution in [0.1, 0.15) is 17.6 Å². The van der Waals surface area contributed by atoms with Crippen LogP contribution in [0.5, 0.6) is 0 Å². The summed E-state index contributed by atoms with van der Waals surface area (Å²) in [6, 6.07) is 0. The highest BCUT2D eigenvalue weighted by atomic mass is 32.1. The van der Waals surface area contributed by atoms with Crippen LogP contribution in [-0.2, 0) is 4.74 Å². The van der Waals surface area contributed by atoms with Gasteiger partial charge in [0.25, 0.3) is 0 Å². The van der Waals surface area contributed by atoms with Gasteiger partial charge in [-0.25, -0.2) is 9.78 Å². The molecule has 72 valence electrons. The summed E-state index contributed by atoms with van der Waals surface area (Å²) in [5.74, 6) is 0. The number of nitrogens with one attached hydrogen (secondary N) is 1. The largest absolute Gasteiger partial charge is 0.450 e. The number of carbonyl (C=O) groups is 1. The molecule has 0 aliphatic carbocycles. The van der Waals surface area contributed by atoms with Gasteiger partial charge in [0, 0.05) is 0 Å². The summed E-state index contributed by atoms with van der Waals surface area (Å²) < 4.78 is 4.74. The second kappa shape index (κ2) is 4.23. The highest BCUT2D eigenvalue weighted by molar-refractivity contribution is 7.16. The topological polar surface area (TPSA) is 51.2 Å². The van der Waals surface area contributed by atoms with E-state index >= 15 is 0 Å². The lowest BCUT2D eigenvalue weighted by molar-refractivity contribution is 0.168. The van der Waals surface area contributed by atoms with E-state index in [1.807, 2.05) is 13.8 Å². The number of hydrogen-bond donors (Lipinski definition) is 1. The summed E-state index contributed by atoms with van der Waals surface area (Å²) in [7, 11) is 0. The maximum atomic E-state index is 11.0. The van der Waals surface area contributed by atoms with Crippen molar-refractivity contribution in [1.82, 2.24) is 4.98 Å². The van der Waals surface area contributed by atoms with E-state index in [1.165, 1.54) is 11.3 Å². The van der Waals surface area contributed by atoms with E-state index < -0.39 is 6.09 Å². The first-order valence-corrected chi connectivity index (χ1v) is 4.83. The van der Waals surface area contributed by atoms with Gasteiger partial charge < -0.3 is 4.74 Å². The molecule has 1 N–H and O–H groups in total. The van der Waals surface area contributed by atoms with E-state index in [-0.39, 0.29) is 0 Å². The van der Waals surface area contributed by atoms with Crippen molar-refractivity contribution < 1.29 is 9.53 Å². The van der Waals surface area contributed by atoms with Crippen LogP contribution in [-0.4, -0.2) is 17.7 Å². The Balaban J connectivity index is 2.63. The van der Waals surface area contributed by atoms with Crippen LogP contribution in [0.4, 0.5) is 9.80 Å². The predicted octanol–water partition coefficient (Wildman–Crippen LogP) is 2.33. The minimum Gasteiger partial charge on any atom is -0.450 e. The molecule has 0 radical (unpaired) electrons. The summed E-state index contributed by atoms with van der Waals surface area (Å²) in [5, 5.41) is 4.32. The SMILES string of the molecule is CCOC(=O)Nc1sc(C)nc1C. The van der Waals surface area contributed by atoms with Crippen LogP contribution >= 0.6 is 11.3 Å². The van der Waals surface area contributed by atoms with Crippen LogP contribution in [0.2, 0.25) is 0 Å². The van der Waals surface area contributed by atoms with Crippen LogP contribution < -0.4 is 5.32 Å². The zero-order valence-electron chi connectivity index (χ0n) is 7.88. The molecule has 0 saturated carbocycles. The second-order valence-electron chi connectivity index (χ2n) is 2.49. The van der Waals surface area contributed by atoms with E-state index in [9.17, 15) is 4.79 Å². The third-order valence-corrected chi connectivity index (χ3v) is 2.38. The Bertz CT molecular complexity index is 309.